The van der Waals surface area contributed by atoms with Gasteiger partial charge in [0.1, 0.15) is 11.5 Å². The molecular formula is C19H18N2O3. The molecule has 5 heteroatoms. The van der Waals surface area contributed by atoms with Crippen molar-refractivity contribution < 1.29 is 14.1 Å². The van der Waals surface area contributed by atoms with Crippen LogP contribution in [0.15, 0.2) is 65.2 Å². The summed E-state index contributed by atoms with van der Waals surface area (Å²) in [4.78, 5) is 12.1. The Kier molecular flexibility index (Phi) is 4.91. The molecular weight excluding hydrogens is 304 g/mol. The van der Waals surface area contributed by atoms with E-state index in [0.29, 0.717) is 23.7 Å². The second-order valence-corrected chi connectivity index (χ2v) is 5.39. The number of carbonyl (C=O) groups excluding carboxylic acids is 1. The standard InChI is InChI=1S/C19H18N2O3/c1-14-13-18(21-24-14)20-19(22)16-7-9-17(10-8-16)23-12-11-15-5-3-2-4-6-15/h2-10,13H,11-12H2,1H3,(H,20,21,22). The van der Waals surface area contributed by atoms with Gasteiger partial charge in [0.05, 0.1) is 6.61 Å². The fourth-order valence-corrected chi connectivity index (χ4v) is 2.25. The number of hydrogen-bond acceptors (Lipinski definition) is 4. The van der Waals surface area contributed by atoms with E-state index in [1.54, 1.807) is 37.3 Å². The van der Waals surface area contributed by atoms with Gasteiger partial charge in [-0.25, -0.2) is 0 Å². The van der Waals surface area contributed by atoms with Crippen LogP contribution in [0, 0.1) is 6.92 Å². The monoisotopic (exact) mass is 322 g/mol. The molecule has 0 saturated carbocycles. The average Bonchev–Trinajstić information content (AvgIpc) is 3.01. The molecule has 0 bridgehead atoms. The molecule has 0 saturated heterocycles. The van der Waals surface area contributed by atoms with Crippen molar-refractivity contribution in [3.8, 4) is 5.75 Å². The summed E-state index contributed by atoms with van der Waals surface area (Å²) < 4.78 is 10.6. The van der Waals surface area contributed by atoms with Gasteiger partial charge in [0.15, 0.2) is 5.82 Å². The highest BCUT2D eigenvalue weighted by Crippen LogP contribution is 2.15. The van der Waals surface area contributed by atoms with Gasteiger partial charge in [0.25, 0.3) is 5.91 Å². The average molecular weight is 322 g/mol. The van der Waals surface area contributed by atoms with Crippen molar-refractivity contribution in [3.05, 3.63) is 77.6 Å². The van der Waals surface area contributed by atoms with Crippen LogP contribution in [-0.2, 0) is 6.42 Å². The van der Waals surface area contributed by atoms with Crippen LogP contribution in [0.4, 0.5) is 5.82 Å². The molecule has 1 N–H and O–H groups in total. The Bertz CT molecular complexity index is 795. The van der Waals surface area contributed by atoms with E-state index < -0.39 is 0 Å². The van der Waals surface area contributed by atoms with Crippen LogP contribution in [-0.4, -0.2) is 17.7 Å². The van der Waals surface area contributed by atoms with E-state index in [0.717, 1.165) is 12.2 Å². The van der Waals surface area contributed by atoms with E-state index in [1.165, 1.54) is 5.56 Å². The number of nitrogens with one attached hydrogen (secondary N) is 1. The summed E-state index contributed by atoms with van der Waals surface area (Å²) in [6, 6.07) is 18.8. The number of aryl methyl sites for hydroxylation is 1. The molecule has 0 aliphatic heterocycles. The zero-order chi connectivity index (χ0) is 16.8. The summed E-state index contributed by atoms with van der Waals surface area (Å²) >= 11 is 0. The van der Waals surface area contributed by atoms with E-state index in [9.17, 15) is 4.79 Å². The highest BCUT2D eigenvalue weighted by molar-refractivity contribution is 6.03. The first kappa shape index (κ1) is 15.8. The number of hydrogen-bond donors (Lipinski definition) is 1. The van der Waals surface area contributed by atoms with Gasteiger partial charge in [-0.05, 0) is 36.8 Å². The molecule has 1 aromatic heterocycles. The smallest absolute Gasteiger partial charge is 0.256 e. The number of rotatable bonds is 6. The van der Waals surface area contributed by atoms with Crippen molar-refractivity contribution in [1.29, 1.82) is 0 Å². The molecule has 0 aliphatic carbocycles. The van der Waals surface area contributed by atoms with Crippen LogP contribution >= 0.6 is 0 Å². The van der Waals surface area contributed by atoms with Gasteiger partial charge >= 0.3 is 0 Å². The van der Waals surface area contributed by atoms with Crippen LogP contribution in [0.1, 0.15) is 21.7 Å². The normalized spacial score (nSPS) is 10.4. The number of carbonyl (C=O) groups is 1. The maximum absolute atomic E-state index is 12.1. The van der Waals surface area contributed by atoms with E-state index in [2.05, 4.69) is 22.6 Å². The van der Waals surface area contributed by atoms with Crippen LogP contribution in [0.25, 0.3) is 0 Å². The number of amides is 1. The quantitative estimate of drug-likeness (QED) is 0.748. The molecule has 0 atom stereocenters. The van der Waals surface area contributed by atoms with Gasteiger partial charge in [-0.3, -0.25) is 4.79 Å². The highest BCUT2D eigenvalue weighted by Gasteiger charge is 2.09. The fourth-order valence-electron chi connectivity index (χ4n) is 2.25. The SMILES string of the molecule is Cc1cc(NC(=O)c2ccc(OCCc3ccccc3)cc2)no1. The second kappa shape index (κ2) is 7.46. The van der Waals surface area contributed by atoms with Crippen molar-refractivity contribution in [2.45, 2.75) is 13.3 Å². The minimum Gasteiger partial charge on any atom is -0.493 e. The highest BCUT2D eigenvalue weighted by atomic mass is 16.5. The Morgan fingerprint density at radius 1 is 1.12 bits per heavy atom. The third-order valence-electron chi connectivity index (χ3n) is 3.49. The van der Waals surface area contributed by atoms with Gasteiger partial charge in [-0.2, -0.15) is 0 Å². The first-order valence-corrected chi connectivity index (χ1v) is 7.72. The summed E-state index contributed by atoms with van der Waals surface area (Å²) in [5.41, 5.74) is 1.77. The minimum absolute atomic E-state index is 0.237. The zero-order valence-corrected chi connectivity index (χ0v) is 13.4. The molecule has 24 heavy (non-hydrogen) atoms. The molecule has 0 aliphatic rings. The van der Waals surface area contributed by atoms with Gasteiger partial charge in [-0.1, -0.05) is 35.5 Å². The molecule has 0 unspecified atom stereocenters. The zero-order valence-electron chi connectivity index (χ0n) is 13.4. The first-order chi connectivity index (χ1) is 11.7. The molecule has 3 aromatic rings. The summed E-state index contributed by atoms with van der Waals surface area (Å²) in [6.45, 7) is 2.36. The Hall–Kier alpha value is -3.08. The van der Waals surface area contributed by atoms with Crippen LogP contribution in [0.2, 0.25) is 0 Å². The number of ether oxygens (including phenoxy) is 1. The number of anilines is 1. The lowest BCUT2D eigenvalue weighted by Gasteiger charge is -2.07. The van der Waals surface area contributed by atoms with Crippen molar-refractivity contribution in [2.24, 2.45) is 0 Å². The molecule has 3 rings (SSSR count). The Morgan fingerprint density at radius 2 is 1.88 bits per heavy atom. The Labute approximate surface area is 140 Å². The van der Waals surface area contributed by atoms with Crippen molar-refractivity contribution in [1.82, 2.24) is 5.16 Å². The third kappa shape index (κ3) is 4.23. The number of benzene rings is 2. The molecule has 5 nitrogen and oxygen atoms in total. The molecule has 1 amide bonds. The lowest BCUT2D eigenvalue weighted by Crippen LogP contribution is -2.12. The van der Waals surface area contributed by atoms with Gasteiger partial charge in [0.2, 0.25) is 0 Å². The molecule has 2 aromatic carbocycles. The Morgan fingerprint density at radius 3 is 2.54 bits per heavy atom. The van der Waals surface area contributed by atoms with Crippen LogP contribution < -0.4 is 10.1 Å². The van der Waals surface area contributed by atoms with Gasteiger partial charge in [-0.15, -0.1) is 0 Å². The molecule has 0 radical (unpaired) electrons. The summed E-state index contributed by atoms with van der Waals surface area (Å²) in [6.07, 6.45) is 0.842. The summed E-state index contributed by atoms with van der Waals surface area (Å²) in [7, 11) is 0. The van der Waals surface area contributed by atoms with E-state index in [-0.39, 0.29) is 5.91 Å². The molecule has 122 valence electrons. The van der Waals surface area contributed by atoms with Gasteiger partial charge < -0.3 is 14.6 Å². The maximum atomic E-state index is 12.1. The number of nitrogens with zero attached hydrogens (tertiary/aromatic N) is 1. The third-order valence-corrected chi connectivity index (χ3v) is 3.49. The van der Waals surface area contributed by atoms with Gasteiger partial charge in [0, 0.05) is 18.1 Å². The van der Waals surface area contributed by atoms with Crippen molar-refractivity contribution in [2.75, 3.05) is 11.9 Å². The number of aromatic nitrogens is 1. The van der Waals surface area contributed by atoms with E-state index >= 15 is 0 Å². The lowest BCUT2D eigenvalue weighted by atomic mass is 10.2. The summed E-state index contributed by atoms with van der Waals surface area (Å²) in [5, 5.41) is 6.42. The first-order valence-electron chi connectivity index (χ1n) is 7.72. The second-order valence-electron chi connectivity index (χ2n) is 5.39. The van der Waals surface area contributed by atoms with Crippen molar-refractivity contribution >= 4 is 11.7 Å². The van der Waals surface area contributed by atoms with E-state index in [1.807, 2.05) is 18.2 Å². The Balaban J connectivity index is 1.52. The predicted octanol–water partition coefficient (Wildman–Crippen LogP) is 3.86. The topological polar surface area (TPSA) is 64.4 Å². The van der Waals surface area contributed by atoms with Crippen LogP contribution in [0.3, 0.4) is 0 Å². The molecule has 0 fully saturated rings. The predicted molar refractivity (Wildman–Crippen MR) is 91.3 cm³/mol. The minimum atomic E-state index is -0.237. The summed E-state index contributed by atoms with van der Waals surface area (Å²) in [5.74, 6) is 1.55. The molecule has 0 spiro atoms. The lowest BCUT2D eigenvalue weighted by molar-refractivity contribution is 0.102. The van der Waals surface area contributed by atoms with E-state index in [4.69, 9.17) is 9.26 Å². The largest absolute Gasteiger partial charge is 0.493 e. The molecule has 1 heterocycles. The maximum Gasteiger partial charge on any atom is 0.256 e. The van der Waals surface area contributed by atoms with Crippen molar-refractivity contribution in [3.63, 3.8) is 0 Å². The fraction of sp³-hybridized carbons (Fsp3) is 0.158. The van der Waals surface area contributed by atoms with Crippen LogP contribution in [0.5, 0.6) is 5.75 Å².